The summed E-state index contributed by atoms with van der Waals surface area (Å²) >= 11 is 0.590. The molecule has 6 heteroatoms. The Kier molecular flexibility index (Phi) is 3.36. The van der Waals surface area contributed by atoms with Crippen molar-refractivity contribution in [3.63, 3.8) is 0 Å². The standard InChI is InChI=1S/C14H18F3NOS/c15-14(16,17)11-18-9-10(20-11)13(19)7-5-12(6-8-13)3-1-2-4-12/h9,19H,1-8H2. The summed E-state index contributed by atoms with van der Waals surface area (Å²) in [4.78, 5) is 3.80. The second-order valence-electron chi connectivity index (χ2n) is 6.27. The molecule has 2 fully saturated rings. The molecule has 2 saturated carbocycles. The zero-order valence-electron chi connectivity index (χ0n) is 11.2. The minimum atomic E-state index is -4.42. The van der Waals surface area contributed by atoms with E-state index in [1.54, 1.807) is 0 Å². The number of alkyl halides is 3. The maximum atomic E-state index is 12.6. The monoisotopic (exact) mass is 305 g/mol. The van der Waals surface area contributed by atoms with Gasteiger partial charge in [-0.3, -0.25) is 0 Å². The minimum absolute atomic E-state index is 0.351. The second-order valence-corrected chi connectivity index (χ2v) is 7.30. The SMILES string of the molecule is OC1(c2cnc(C(F)(F)F)s2)CCC2(CCCC2)CC1. The fraction of sp³-hybridized carbons (Fsp3) is 0.786. The first-order valence-electron chi connectivity index (χ1n) is 7.09. The average molecular weight is 305 g/mol. The molecule has 2 aliphatic carbocycles. The number of rotatable bonds is 1. The summed E-state index contributed by atoms with van der Waals surface area (Å²) in [5.41, 5.74) is -0.751. The number of nitrogens with zero attached hydrogens (tertiary/aromatic N) is 1. The molecule has 3 rings (SSSR count). The number of hydrogen-bond acceptors (Lipinski definition) is 3. The zero-order valence-corrected chi connectivity index (χ0v) is 12.0. The molecule has 0 radical (unpaired) electrons. The van der Waals surface area contributed by atoms with Crippen LogP contribution < -0.4 is 0 Å². The van der Waals surface area contributed by atoms with E-state index in [0.717, 1.165) is 12.8 Å². The smallest absolute Gasteiger partial charge is 0.384 e. The number of aromatic nitrogens is 1. The first-order valence-corrected chi connectivity index (χ1v) is 7.91. The van der Waals surface area contributed by atoms with E-state index >= 15 is 0 Å². The van der Waals surface area contributed by atoms with Crippen molar-refractivity contribution < 1.29 is 18.3 Å². The van der Waals surface area contributed by atoms with Gasteiger partial charge in [0.05, 0.1) is 4.88 Å². The van der Waals surface area contributed by atoms with E-state index in [0.29, 0.717) is 34.5 Å². The van der Waals surface area contributed by atoms with Gasteiger partial charge in [-0.1, -0.05) is 12.8 Å². The van der Waals surface area contributed by atoms with Crippen LogP contribution in [0.1, 0.15) is 61.3 Å². The minimum Gasteiger partial charge on any atom is -0.384 e. The van der Waals surface area contributed by atoms with Gasteiger partial charge in [0, 0.05) is 6.20 Å². The maximum Gasteiger partial charge on any atom is 0.443 e. The lowest BCUT2D eigenvalue weighted by atomic mass is 9.67. The summed E-state index contributed by atoms with van der Waals surface area (Å²) in [6, 6.07) is 0. The highest BCUT2D eigenvalue weighted by Gasteiger charge is 2.45. The van der Waals surface area contributed by atoms with Crippen molar-refractivity contribution >= 4 is 11.3 Å². The zero-order chi connectivity index (χ0) is 14.4. The van der Waals surface area contributed by atoms with Crippen molar-refractivity contribution in [1.82, 2.24) is 4.98 Å². The Bertz CT molecular complexity index is 481. The van der Waals surface area contributed by atoms with Crippen LogP contribution >= 0.6 is 11.3 Å². The van der Waals surface area contributed by atoms with Gasteiger partial charge in [-0.15, -0.1) is 11.3 Å². The summed E-state index contributed by atoms with van der Waals surface area (Å²) in [5.74, 6) is 0. The van der Waals surface area contributed by atoms with Gasteiger partial charge in [-0.2, -0.15) is 13.2 Å². The van der Waals surface area contributed by atoms with Crippen molar-refractivity contribution in [3.8, 4) is 0 Å². The molecule has 1 aromatic rings. The summed E-state index contributed by atoms with van der Waals surface area (Å²) in [6.45, 7) is 0. The third kappa shape index (κ3) is 2.48. The highest BCUT2D eigenvalue weighted by atomic mass is 32.1. The molecule has 20 heavy (non-hydrogen) atoms. The van der Waals surface area contributed by atoms with E-state index in [2.05, 4.69) is 4.98 Å². The van der Waals surface area contributed by atoms with Gasteiger partial charge in [0.25, 0.3) is 0 Å². The van der Waals surface area contributed by atoms with E-state index < -0.39 is 16.8 Å². The molecule has 2 nitrogen and oxygen atoms in total. The van der Waals surface area contributed by atoms with Crippen LogP contribution in [0.3, 0.4) is 0 Å². The molecule has 1 N–H and O–H groups in total. The van der Waals surface area contributed by atoms with Crippen LogP contribution in [0, 0.1) is 5.41 Å². The van der Waals surface area contributed by atoms with E-state index in [9.17, 15) is 18.3 Å². The normalized spacial score (nSPS) is 25.2. The fourth-order valence-electron chi connectivity index (χ4n) is 3.69. The highest BCUT2D eigenvalue weighted by Crippen LogP contribution is 2.54. The van der Waals surface area contributed by atoms with Crippen molar-refractivity contribution in [2.24, 2.45) is 5.41 Å². The van der Waals surface area contributed by atoms with Crippen molar-refractivity contribution in [3.05, 3.63) is 16.1 Å². The van der Waals surface area contributed by atoms with Gasteiger partial charge >= 0.3 is 6.18 Å². The van der Waals surface area contributed by atoms with Gasteiger partial charge in [-0.05, 0) is 43.9 Å². The molecule has 0 unspecified atom stereocenters. The van der Waals surface area contributed by atoms with Gasteiger partial charge < -0.3 is 5.11 Å². The van der Waals surface area contributed by atoms with Crippen LogP contribution in [0.15, 0.2) is 6.20 Å². The number of hydrogen-bond donors (Lipinski definition) is 1. The molecule has 0 amide bonds. The molecule has 1 spiro atoms. The number of aliphatic hydroxyl groups is 1. The van der Waals surface area contributed by atoms with Gasteiger partial charge in [0.15, 0.2) is 5.01 Å². The molecule has 0 aliphatic heterocycles. The largest absolute Gasteiger partial charge is 0.443 e. The molecule has 0 saturated heterocycles. The Morgan fingerprint density at radius 2 is 1.65 bits per heavy atom. The van der Waals surface area contributed by atoms with E-state index in [1.807, 2.05) is 0 Å². The van der Waals surface area contributed by atoms with E-state index in [4.69, 9.17) is 0 Å². The van der Waals surface area contributed by atoms with Crippen LogP contribution in [0.25, 0.3) is 0 Å². The molecule has 2 aliphatic rings. The van der Waals surface area contributed by atoms with Crippen LogP contribution in [0.5, 0.6) is 0 Å². The van der Waals surface area contributed by atoms with Gasteiger partial charge in [0.1, 0.15) is 5.60 Å². The number of halogens is 3. The molecule has 0 atom stereocenters. The second kappa shape index (κ2) is 4.70. The summed E-state index contributed by atoms with van der Waals surface area (Å²) in [7, 11) is 0. The quantitative estimate of drug-likeness (QED) is 0.829. The molecule has 1 heterocycles. The first kappa shape index (κ1) is 14.3. The Morgan fingerprint density at radius 3 is 2.15 bits per heavy atom. The first-order chi connectivity index (χ1) is 9.33. The predicted octanol–water partition coefficient (Wildman–Crippen LogP) is 4.48. The highest BCUT2D eigenvalue weighted by molar-refractivity contribution is 7.11. The average Bonchev–Trinajstić information content (AvgIpc) is 3.03. The lowest BCUT2D eigenvalue weighted by Crippen LogP contribution is -2.35. The van der Waals surface area contributed by atoms with Crippen molar-refractivity contribution in [2.75, 3.05) is 0 Å². The summed E-state index contributed by atoms with van der Waals surface area (Å²) in [6.07, 6.45) is 4.67. The van der Waals surface area contributed by atoms with Crippen LogP contribution in [0.4, 0.5) is 13.2 Å². The summed E-state index contributed by atoms with van der Waals surface area (Å²) in [5, 5.41) is 9.81. The van der Waals surface area contributed by atoms with Gasteiger partial charge in [-0.25, -0.2) is 4.98 Å². The molecule has 1 aromatic heterocycles. The molecule has 0 bridgehead atoms. The molecular formula is C14H18F3NOS. The Morgan fingerprint density at radius 1 is 1.05 bits per heavy atom. The summed E-state index contributed by atoms with van der Waals surface area (Å²) < 4.78 is 37.8. The molecular weight excluding hydrogens is 287 g/mol. The predicted molar refractivity (Wildman–Crippen MR) is 70.4 cm³/mol. The third-order valence-corrected chi connectivity index (χ3v) is 6.24. The Labute approximate surface area is 120 Å². The number of thiazole rings is 1. The maximum absolute atomic E-state index is 12.6. The van der Waals surface area contributed by atoms with Crippen LogP contribution in [-0.4, -0.2) is 10.1 Å². The topological polar surface area (TPSA) is 33.1 Å². The molecule has 0 aromatic carbocycles. The van der Waals surface area contributed by atoms with Crippen molar-refractivity contribution in [1.29, 1.82) is 0 Å². The third-order valence-electron chi connectivity index (χ3n) is 5.01. The molecule has 112 valence electrons. The fourth-order valence-corrected chi connectivity index (χ4v) is 4.61. The lowest BCUT2D eigenvalue weighted by Gasteiger charge is -2.41. The van der Waals surface area contributed by atoms with Crippen molar-refractivity contribution in [2.45, 2.75) is 63.1 Å². The van der Waals surface area contributed by atoms with Crippen LogP contribution in [0.2, 0.25) is 0 Å². The Balaban J connectivity index is 1.75. The Hall–Kier alpha value is -0.620. The van der Waals surface area contributed by atoms with Crippen LogP contribution in [-0.2, 0) is 11.8 Å². The van der Waals surface area contributed by atoms with Gasteiger partial charge in [0.2, 0.25) is 0 Å². The van der Waals surface area contributed by atoms with E-state index in [-0.39, 0.29) is 0 Å². The van der Waals surface area contributed by atoms with E-state index in [1.165, 1.54) is 31.9 Å². The lowest BCUT2D eigenvalue weighted by molar-refractivity contribution is -0.137.